The largest absolute Gasteiger partial charge is 0.454 e. The maximum atomic E-state index is 13.2. The molecule has 0 radical (unpaired) electrons. The lowest BCUT2D eigenvalue weighted by molar-refractivity contribution is 0.0476. The number of pyridine rings is 1. The van der Waals surface area contributed by atoms with Gasteiger partial charge in [-0.25, -0.2) is 19.1 Å². The number of imide groups is 1. The van der Waals surface area contributed by atoms with Gasteiger partial charge in [0.1, 0.15) is 5.82 Å². The van der Waals surface area contributed by atoms with E-state index in [-0.39, 0.29) is 11.1 Å². The Balaban J connectivity index is 1.30. The molecule has 9 heteroatoms. The molecule has 0 bridgehead atoms. The molecule has 200 valence electrons. The Labute approximate surface area is 237 Å². The molecule has 7 nitrogen and oxygen atoms in total. The molecule has 1 aliphatic rings. The van der Waals surface area contributed by atoms with E-state index in [1.54, 1.807) is 66.7 Å². The minimum atomic E-state index is -0.765. The van der Waals surface area contributed by atoms with Gasteiger partial charge in [0.2, 0.25) is 0 Å². The summed E-state index contributed by atoms with van der Waals surface area (Å²) in [6, 6.07) is 24.7. The van der Waals surface area contributed by atoms with E-state index >= 15 is 0 Å². The Kier molecular flexibility index (Phi) is 6.61. The van der Waals surface area contributed by atoms with Gasteiger partial charge >= 0.3 is 5.97 Å². The zero-order valence-electron chi connectivity index (χ0n) is 21.1. The maximum absolute atomic E-state index is 13.2. The summed E-state index contributed by atoms with van der Waals surface area (Å²) in [5.41, 5.74) is 2.75. The van der Waals surface area contributed by atoms with E-state index in [9.17, 15) is 23.6 Å². The number of hydrogen-bond acceptors (Lipinski definition) is 6. The molecule has 41 heavy (non-hydrogen) atoms. The first-order valence-electron chi connectivity index (χ1n) is 12.5. The predicted molar refractivity (Wildman–Crippen MR) is 151 cm³/mol. The highest BCUT2D eigenvalue weighted by Crippen LogP contribution is 2.32. The Morgan fingerprint density at radius 2 is 1.49 bits per heavy atom. The number of anilines is 1. The molecule has 2 heterocycles. The maximum Gasteiger partial charge on any atom is 0.339 e. The van der Waals surface area contributed by atoms with Crippen molar-refractivity contribution < 1.29 is 28.3 Å². The van der Waals surface area contributed by atoms with Crippen molar-refractivity contribution in [1.82, 2.24) is 4.98 Å². The Bertz CT molecular complexity index is 1850. The van der Waals surface area contributed by atoms with Crippen LogP contribution in [0.25, 0.3) is 22.2 Å². The number of fused-ring (bicyclic) bond motifs is 2. The molecule has 0 saturated heterocycles. The predicted octanol–water partition coefficient (Wildman–Crippen LogP) is 6.53. The summed E-state index contributed by atoms with van der Waals surface area (Å²) in [5, 5.41) is 0.742. The fourth-order valence-corrected chi connectivity index (χ4v) is 4.88. The number of amides is 2. The average Bonchev–Trinajstić information content (AvgIpc) is 3.25. The zero-order valence-corrected chi connectivity index (χ0v) is 21.9. The summed E-state index contributed by atoms with van der Waals surface area (Å²) in [5.74, 6) is -2.55. The van der Waals surface area contributed by atoms with Gasteiger partial charge in [-0.15, -0.1) is 0 Å². The number of benzene rings is 4. The second kappa shape index (κ2) is 10.4. The smallest absolute Gasteiger partial charge is 0.339 e. The van der Waals surface area contributed by atoms with Gasteiger partial charge in [0.15, 0.2) is 12.4 Å². The molecule has 0 unspecified atom stereocenters. The molecule has 0 saturated carbocycles. The fourth-order valence-electron chi connectivity index (χ4n) is 4.66. The zero-order chi connectivity index (χ0) is 28.7. The van der Waals surface area contributed by atoms with Gasteiger partial charge in [0, 0.05) is 16.5 Å². The molecule has 4 aromatic carbocycles. The molecule has 0 N–H and O–H groups in total. The summed E-state index contributed by atoms with van der Waals surface area (Å²) >= 11 is 6.42. The Morgan fingerprint density at radius 1 is 0.829 bits per heavy atom. The van der Waals surface area contributed by atoms with Crippen LogP contribution in [0.2, 0.25) is 5.02 Å². The minimum absolute atomic E-state index is 0.142. The number of para-hydroxylation sites is 1. The number of esters is 1. The van der Waals surface area contributed by atoms with E-state index in [1.165, 1.54) is 18.2 Å². The first kappa shape index (κ1) is 26.0. The number of Topliss-reactive ketones (excluding diaryl/α,β-unsaturated/α-hetero) is 1. The number of nitrogens with zero attached hydrogens (tertiary/aromatic N) is 2. The molecule has 2 amide bonds. The van der Waals surface area contributed by atoms with Crippen LogP contribution in [0.15, 0.2) is 97.1 Å². The van der Waals surface area contributed by atoms with E-state index in [0.29, 0.717) is 44.0 Å². The number of ketones is 1. The number of hydrogen-bond donors (Lipinski definition) is 0. The van der Waals surface area contributed by atoms with Gasteiger partial charge < -0.3 is 4.74 Å². The third-order valence-electron chi connectivity index (χ3n) is 6.73. The van der Waals surface area contributed by atoms with Crippen molar-refractivity contribution in [3.05, 3.63) is 130 Å². The molecular formula is C32H18ClFN2O5. The normalized spacial score (nSPS) is 12.5. The number of aromatic nitrogens is 1. The number of halogens is 2. The quantitative estimate of drug-likeness (QED) is 0.132. The second-order valence-corrected chi connectivity index (χ2v) is 9.64. The molecule has 1 aliphatic heterocycles. The average molecular weight is 565 g/mol. The van der Waals surface area contributed by atoms with Crippen molar-refractivity contribution in [1.29, 1.82) is 0 Å². The van der Waals surface area contributed by atoms with Crippen LogP contribution in [0.4, 0.5) is 10.1 Å². The SMILES string of the molecule is O=C(COC(=O)c1cc(-c2ccc(N3C(=O)c4ccccc4C3=O)cc2)nc2c(Cl)cccc12)c1ccc(F)cc1. The summed E-state index contributed by atoms with van der Waals surface area (Å²) in [6.45, 7) is -0.543. The number of carbonyl (C=O) groups is 4. The Hall–Kier alpha value is -5.21. The van der Waals surface area contributed by atoms with Gasteiger partial charge in [0.05, 0.1) is 38.6 Å². The van der Waals surface area contributed by atoms with Gasteiger partial charge in [-0.3, -0.25) is 14.4 Å². The van der Waals surface area contributed by atoms with Crippen molar-refractivity contribution in [2.75, 3.05) is 11.5 Å². The van der Waals surface area contributed by atoms with Gasteiger partial charge in [-0.1, -0.05) is 48.0 Å². The standard InChI is InChI=1S/C32H18ClFN2O5/c33-26-7-3-6-22-25(32(40)41-17-28(37)19-8-12-20(34)13-9-19)16-27(35-29(22)26)18-10-14-21(15-11-18)36-30(38)23-4-1-2-5-24(23)31(36)39/h1-16H,17H2. The van der Waals surface area contributed by atoms with Crippen LogP contribution in [-0.4, -0.2) is 35.2 Å². The highest BCUT2D eigenvalue weighted by atomic mass is 35.5. The molecule has 0 atom stereocenters. The summed E-state index contributed by atoms with van der Waals surface area (Å²) in [6.07, 6.45) is 0. The van der Waals surface area contributed by atoms with Crippen molar-refractivity contribution in [2.45, 2.75) is 0 Å². The van der Waals surface area contributed by atoms with Crippen LogP contribution in [0.5, 0.6) is 0 Å². The van der Waals surface area contributed by atoms with E-state index < -0.39 is 36.0 Å². The van der Waals surface area contributed by atoms with Gasteiger partial charge in [-0.2, -0.15) is 0 Å². The van der Waals surface area contributed by atoms with Crippen molar-refractivity contribution in [3.8, 4) is 11.3 Å². The lowest BCUT2D eigenvalue weighted by Gasteiger charge is -2.15. The number of ether oxygens (including phenoxy) is 1. The van der Waals surface area contributed by atoms with Gasteiger partial charge in [0.25, 0.3) is 11.8 Å². The van der Waals surface area contributed by atoms with E-state index in [4.69, 9.17) is 16.3 Å². The summed E-state index contributed by atoms with van der Waals surface area (Å²) in [4.78, 5) is 57.1. The number of carbonyl (C=O) groups excluding carboxylic acids is 4. The molecule has 5 aromatic rings. The summed E-state index contributed by atoms with van der Waals surface area (Å²) in [7, 11) is 0. The van der Waals surface area contributed by atoms with Crippen LogP contribution in [0.1, 0.15) is 41.4 Å². The topological polar surface area (TPSA) is 93.6 Å². The molecule has 6 rings (SSSR count). The number of rotatable bonds is 6. The van der Waals surface area contributed by atoms with E-state index in [1.807, 2.05) is 0 Å². The van der Waals surface area contributed by atoms with Crippen LogP contribution < -0.4 is 4.90 Å². The van der Waals surface area contributed by atoms with Crippen LogP contribution in [0.3, 0.4) is 0 Å². The van der Waals surface area contributed by atoms with Crippen molar-refractivity contribution in [2.24, 2.45) is 0 Å². The first-order valence-corrected chi connectivity index (χ1v) is 12.8. The van der Waals surface area contributed by atoms with Crippen molar-refractivity contribution in [3.63, 3.8) is 0 Å². The first-order chi connectivity index (χ1) is 19.8. The molecule has 0 fully saturated rings. The lowest BCUT2D eigenvalue weighted by atomic mass is 10.0. The molecular weight excluding hydrogens is 547 g/mol. The molecule has 1 aromatic heterocycles. The molecule has 0 spiro atoms. The molecule has 0 aliphatic carbocycles. The second-order valence-electron chi connectivity index (χ2n) is 9.24. The van der Waals surface area contributed by atoms with Gasteiger partial charge in [-0.05, 0) is 60.7 Å². The minimum Gasteiger partial charge on any atom is -0.454 e. The van der Waals surface area contributed by atoms with Crippen molar-refractivity contribution >= 4 is 51.8 Å². The van der Waals surface area contributed by atoms with Crippen LogP contribution in [-0.2, 0) is 4.74 Å². The van der Waals surface area contributed by atoms with Crippen LogP contribution >= 0.6 is 11.6 Å². The monoisotopic (exact) mass is 564 g/mol. The Morgan fingerprint density at radius 3 is 2.15 bits per heavy atom. The third-order valence-corrected chi connectivity index (χ3v) is 7.03. The lowest BCUT2D eigenvalue weighted by Crippen LogP contribution is -2.29. The van der Waals surface area contributed by atoms with E-state index in [0.717, 1.165) is 17.0 Å². The van der Waals surface area contributed by atoms with Crippen LogP contribution in [0, 0.1) is 5.82 Å². The van der Waals surface area contributed by atoms with E-state index in [2.05, 4.69) is 4.98 Å². The summed E-state index contributed by atoms with van der Waals surface area (Å²) < 4.78 is 18.5. The fraction of sp³-hybridized carbons (Fsp3) is 0.0312. The highest BCUT2D eigenvalue weighted by Gasteiger charge is 2.36. The third kappa shape index (κ3) is 4.74. The highest BCUT2D eigenvalue weighted by molar-refractivity contribution is 6.35.